The first-order chi connectivity index (χ1) is 8.42. The topological polar surface area (TPSA) is 29.1 Å². The molecule has 1 N–H and O–H groups in total. The van der Waals surface area contributed by atoms with E-state index in [-0.39, 0.29) is 16.3 Å². The van der Waals surface area contributed by atoms with Crippen LogP contribution in [0.15, 0.2) is 30.3 Å². The first kappa shape index (κ1) is 15.2. The molecule has 0 aromatic heterocycles. The Morgan fingerprint density at radius 3 is 2.50 bits per heavy atom. The summed E-state index contributed by atoms with van der Waals surface area (Å²) in [5.41, 5.74) is 1.09. The van der Waals surface area contributed by atoms with E-state index in [1.807, 2.05) is 39.0 Å². The fraction of sp³-hybridized carbons (Fsp3) is 0.533. The zero-order valence-electron chi connectivity index (χ0n) is 11.4. The summed E-state index contributed by atoms with van der Waals surface area (Å²) >= 11 is 3.51. The summed E-state index contributed by atoms with van der Waals surface area (Å²) in [6.45, 7) is 6.10. The van der Waals surface area contributed by atoms with E-state index in [9.17, 15) is 4.79 Å². The molecule has 1 atom stereocenters. The number of hydrogen-bond donors (Lipinski definition) is 1. The van der Waals surface area contributed by atoms with Crippen LogP contribution < -0.4 is 5.32 Å². The van der Waals surface area contributed by atoms with E-state index < -0.39 is 0 Å². The van der Waals surface area contributed by atoms with E-state index in [1.165, 1.54) is 5.56 Å². The zero-order chi connectivity index (χ0) is 13.6. The lowest BCUT2D eigenvalue weighted by atomic mass is 10.0. The number of benzene rings is 1. The van der Waals surface area contributed by atoms with E-state index in [2.05, 4.69) is 33.4 Å². The highest BCUT2D eigenvalue weighted by Crippen LogP contribution is 2.17. The SMILES string of the molecule is CC(Br)C(C)(C)NC(=O)CCCc1ccccc1. The van der Waals surface area contributed by atoms with Crippen LogP contribution in [-0.4, -0.2) is 16.3 Å². The number of amides is 1. The summed E-state index contributed by atoms with van der Waals surface area (Å²) in [7, 11) is 0. The van der Waals surface area contributed by atoms with Gasteiger partial charge in [-0.05, 0) is 32.3 Å². The minimum atomic E-state index is -0.205. The highest BCUT2D eigenvalue weighted by molar-refractivity contribution is 9.09. The van der Waals surface area contributed by atoms with Gasteiger partial charge >= 0.3 is 0 Å². The third-order valence-electron chi connectivity index (χ3n) is 3.17. The van der Waals surface area contributed by atoms with Crippen molar-refractivity contribution in [3.8, 4) is 0 Å². The zero-order valence-corrected chi connectivity index (χ0v) is 13.0. The average Bonchev–Trinajstić information content (AvgIpc) is 2.29. The minimum absolute atomic E-state index is 0.127. The van der Waals surface area contributed by atoms with Gasteiger partial charge in [0.05, 0.1) is 0 Å². The summed E-state index contributed by atoms with van der Waals surface area (Å²) in [5.74, 6) is 0.127. The molecule has 0 saturated carbocycles. The number of nitrogens with one attached hydrogen (secondary N) is 1. The number of carbonyl (C=O) groups is 1. The molecule has 1 rings (SSSR count). The summed E-state index contributed by atoms with van der Waals surface area (Å²) < 4.78 is 0. The number of halogens is 1. The molecule has 2 nitrogen and oxygen atoms in total. The van der Waals surface area contributed by atoms with Crippen molar-refractivity contribution >= 4 is 21.8 Å². The van der Waals surface area contributed by atoms with Gasteiger partial charge in [0.25, 0.3) is 0 Å². The van der Waals surface area contributed by atoms with E-state index >= 15 is 0 Å². The maximum Gasteiger partial charge on any atom is 0.220 e. The van der Waals surface area contributed by atoms with Crippen LogP contribution in [0, 0.1) is 0 Å². The average molecular weight is 312 g/mol. The molecule has 0 aliphatic heterocycles. The van der Waals surface area contributed by atoms with Gasteiger partial charge in [-0.25, -0.2) is 0 Å². The molecule has 1 amide bonds. The van der Waals surface area contributed by atoms with E-state index in [1.54, 1.807) is 0 Å². The molecule has 0 aliphatic rings. The predicted molar refractivity (Wildman–Crippen MR) is 80.0 cm³/mol. The molecule has 0 saturated heterocycles. The van der Waals surface area contributed by atoms with Gasteiger partial charge in [-0.3, -0.25) is 4.79 Å². The lowest BCUT2D eigenvalue weighted by molar-refractivity contribution is -0.122. The van der Waals surface area contributed by atoms with E-state index in [0.717, 1.165) is 12.8 Å². The van der Waals surface area contributed by atoms with Gasteiger partial charge in [0, 0.05) is 16.8 Å². The molecule has 0 spiro atoms. The van der Waals surface area contributed by atoms with Gasteiger partial charge in [0.2, 0.25) is 5.91 Å². The van der Waals surface area contributed by atoms with Crippen molar-refractivity contribution in [2.75, 3.05) is 0 Å². The fourth-order valence-electron chi connectivity index (χ4n) is 1.62. The Hall–Kier alpha value is -0.830. The third kappa shape index (κ3) is 5.21. The molecule has 0 aliphatic carbocycles. The molecule has 100 valence electrons. The monoisotopic (exact) mass is 311 g/mol. The van der Waals surface area contributed by atoms with Crippen molar-refractivity contribution in [1.29, 1.82) is 0 Å². The van der Waals surface area contributed by atoms with Crippen LogP contribution in [-0.2, 0) is 11.2 Å². The molecule has 1 aromatic carbocycles. The van der Waals surface area contributed by atoms with Gasteiger partial charge in [-0.15, -0.1) is 0 Å². The molecular formula is C15H22BrNO. The lowest BCUT2D eigenvalue weighted by Crippen LogP contribution is -2.48. The Labute approximate surface area is 118 Å². The summed E-state index contributed by atoms with van der Waals surface area (Å²) in [4.78, 5) is 12.1. The van der Waals surface area contributed by atoms with Crippen LogP contribution in [0.1, 0.15) is 39.2 Å². The maximum atomic E-state index is 11.8. The summed E-state index contributed by atoms with van der Waals surface area (Å²) in [5, 5.41) is 3.06. The maximum absolute atomic E-state index is 11.8. The first-order valence-electron chi connectivity index (χ1n) is 6.41. The normalized spacial score (nSPS) is 13.1. The van der Waals surface area contributed by atoms with Crippen molar-refractivity contribution in [1.82, 2.24) is 5.32 Å². The molecular weight excluding hydrogens is 290 g/mol. The van der Waals surface area contributed by atoms with Crippen LogP contribution in [0.25, 0.3) is 0 Å². The third-order valence-corrected chi connectivity index (χ3v) is 4.31. The number of carbonyl (C=O) groups excluding carboxylic acids is 1. The second kappa shape index (κ2) is 6.93. The molecule has 0 heterocycles. The second-order valence-electron chi connectivity index (χ2n) is 5.23. The number of hydrogen-bond acceptors (Lipinski definition) is 1. The van der Waals surface area contributed by atoms with Gasteiger partial charge in [-0.1, -0.05) is 53.2 Å². The van der Waals surface area contributed by atoms with Crippen LogP contribution in [0.5, 0.6) is 0 Å². The van der Waals surface area contributed by atoms with Gasteiger partial charge in [-0.2, -0.15) is 0 Å². The Morgan fingerprint density at radius 1 is 1.33 bits per heavy atom. The Bertz CT molecular complexity index is 373. The van der Waals surface area contributed by atoms with Crippen molar-refractivity contribution in [2.24, 2.45) is 0 Å². The largest absolute Gasteiger partial charge is 0.350 e. The van der Waals surface area contributed by atoms with Gasteiger partial charge in [0.1, 0.15) is 0 Å². The molecule has 0 fully saturated rings. The Morgan fingerprint density at radius 2 is 1.94 bits per heavy atom. The second-order valence-corrected chi connectivity index (χ2v) is 6.60. The molecule has 1 unspecified atom stereocenters. The lowest BCUT2D eigenvalue weighted by Gasteiger charge is -2.29. The van der Waals surface area contributed by atoms with Crippen LogP contribution in [0.2, 0.25) is 0 Å². The van der Waals surface area contributed by atoms with Crippen molar-refractivity contribution in [2.45, 2.75) is 50.4 Å². The van der Waals surface area contributed by atoms with Crippen LogP contribution in [0.4, 0.5) is 0 Å². The van der Waals surface area contributed by atoms with Gasteiger partial charge < -0.3 is 5.32 Å². The van der Waals surface area contributed by atoms with Gasteiger partial charge in [0.15, 0.2) is 0 Å². The molecule has 0 radical (unpaired) electrons. The molecule has 18 heavy (non-hydrogen) atoms. The number of alkyl halides is 1. The highest BCUT2D eigenvalue weighted by atomic mass is 79.9. The van der Waals surface area contributed by atoms with Crippen molar-refractivity contribution in [3.63, 3.8) is 0 Å². The summed E-state index contributed by atoms with van der Waals surface area (Å²) in [6.07, 6.45) is 2.43. The Kier molecular flexibility index (Phi) is 5.86. The standard InChI is InChI=1S/C15H22BrNO/c1-12(16)15(2,3)17-14(18)11-7-10-13-8-5-4-6-9-13/h4-6,8-9,12H,7,10-11H2,1-3H3,(H,17,18). The molecule has 0 bridgehead atoms. The summed E-state index contributed by atoms with van der Waals surface area (Å²) in [6, 6.07) is 10.3. The first-order valence-corrected chi connectivity index (χ1v) is 7.32. The highest BCUT2D eigenvalue weighted by Gasteiger charge is 2.25. The van der Waals surface area contributed by atoms with E-state index in [0.29, 0.717) is 6.42 Å². The fourth-order valence-corrected chi connectivity index (χ4v) is 1.73. The predicted octanol–water partition coefficient (Wildman–Crippen LogP) is 3.69. The smallest absolute Gasteiger partial charge is 0.220 e. The number of rotatable bonds is 6. The quantitative estimate of drug-likeness (QED) is 0.798. The minimum Gasteiger partial charge on any atom is -0.350 e. The Balaban J connectivity index is 2.30. The number of aryl methyl sites for hydroxylation is 1. The molecule has 1 aromatic rings. The van der Waals surface area contributed by atoms with Crippen LogP contribution >= 0.6 is 15.9 Å². The van der Waals surface area contributed by atoms with Crippen molar-refractivity contribution < 1.29 is 4.79 Å². The van der Waals surface area contributed by atoms with E-state index in [4.69, 9.17) is 0 Å². The van der Waals surface area contributed by atoms with Crippen LogP contribution in [0.3, 0.4) is 0 Å². The van der Waals surface area contributed by atoms with Crippen molar-refractivity contribution in [3.05, 3.63) is 35.9 Å². The molecule has 3 heteroatoms.